The van der Waals surface area contributed by atoms with E-state index in [2.05, 4.69) is 53.3 Å². The highest BCUT2D eigenvalue weighted by Crippen LogP contribution is 2.37. The summed E-state index contributed by atoms with van der Waals surface area (Å²) in [5.74, 6) is 0.521. The van der Waals surface area contributed by atoms with Crippen LogP contribution in [0.3, 0.4) is 0 Å². The van der Waals surface area contributed by atoms with Crippen molar-refractivity contribution < 1.29 is 5.11 Å². The number of rotatable bonds is 5. The average molecular weight is 495 g/mol. The molecule has 0 radical (unpaired) electrons. The van der Waals surface area contributed by atoms with E-state index in [1.165, 1.54) is 31.5 Å². The summed E-state index contributed by atoms with van der Waals surface area (Å²) in [4.78, 5) is 7.12. The van der Waals surface area contributed by atoms with E-state index in [9.17, 15) is 5.11 Å². The second kappa shape index (κ2) is 9.49. The molecule has 2 aromatic carbocycles. The van der Waals surface area contributed by atoms with Gasteiger partial charge in [0.15, 0.2) is 11.4 Å². The fourth-order valence-electron chi connectivity index (χ4n) is 4.80. The number of pyridine rings is 1. The number of hydrogen-bond acceptors (Lipinski definition) is 4. The van der Waals surface area contributed by atoms with Crippen LogP contribution in [-0.4, -0.2) is 38.5 Å². The molecule has 0 unspecified atom stereocenters. The number of anilines is 2. The Labute approximate surface area is 210 Å². The van der Waals surface area contributed by atoms with Gasteiger partial charge in [-0.3, -0.25) is 4.40 Å². The molecule has 0 spiro atoms. The maximum atomic E-state index is 9.90. The fraction of sp³-hybridized carbons (Fsp3) is 0.296. The van der Waals surface area contributed by atoms with Crippen LogP contribution in [0.25, 0.3) is 16.9 Å². The highest BCUT2D eigenvalue weighted by Gasteiger charge is 2.22. The van der Waals surface area contributed by atoms with Crippen LogP contribution >= 0.6 is 23.2 Å². The molecule has 0 atom stereocenters. The van der Waals surface area contributed by atoms with Crippen LogP contribution in [0.2, 0.25) is 10.0 Å². The number of piperidine rings is 1. The van der Waals surface area contributed by atoms with Crippen LogP contribution in [0.4, 0.5) is 11.4 Å². The zero-order valence-electron chi connectivity index (χ0n) is 19.3. The first-order valence-corrected chi connectivity index (χ1v) is 12.4. The minimum atomic E-state index is -0.110. The zero-order valence-corrected chi connectivity index (χ0v) is 20.8. The Kier molecular flexibility index (Phi) is 6.43. The third kappa shape index (κ3) is 4.48. The molecule has 1 aliphatic rings. The number of halogens is 2. The minimum Gasteiger partial charge on any atom is -0.505 e. The Morgan fingerprint density at radius 3 is 2.32 bits per heavy atom. The van der Waals surface area contributed by atoms with Crippen molar-refractivity contribution in [2.45, 2.75) is 38.6 Å². The number of benzene rings is 2. The second-order valence-electron chi connectivity index (χ2n) is 9.19. The molecule has 1 saturated heterocycles. The van der Waals surface area contributed by atoms with Gasteiger partial charge in [0, 0.05) is 29.7 Å². The van der Waals surface area contributed by atoms with Gasteiger partial charge in [0.1, 0.15) is 0 Å². The molecule has 3 heterocycles. The largest absolute Gasteiger partial charge is 0.505 e. The molecule has 0 amide bonds. The summed E-state index contributed by atoms with van der Waals surface area (Å²) in [6.07, 6.45) is 6.09. The van der Waals surface area contributed by atoms with Gasteiger partial charge in [-0.05, 0) is 87.7 Å². The minimum absolute atomic E-state index is 0.110. The van der Waals surface area contributed by atoms with Gasteiger partial charge in [-0.15, -0.1) is 0 Å². The first-order chi connectivity index (χ1) is 16.4. The average Bonchev–Trinajstić information content (AvgIpc) is 3.33. The van der Waals surface area contributed by atoms with E-state index in [0.717, 1.165) is 28.3 Å². The van der Waals surface area contributed by atoms with Gasteiger partial charge in [-0.2, -0.15) is 0 Å². The zero-order chi connectivity index (χ0) is 23.8. The predicted molar refractivity (Wildman–Crippen MR) is 141 cm³/mol. The Bertz CT molecular complexity index is 1290. The summed E-state index contributed by atoms with van der Waals surface area (Å²) in [6.45, 7) is 6.90. The number of phenolic OH excluding ortho intramolecular Hbond substituents is 1. The lowest BCUT2D eigenvalue weighted by atomic mass is 9.89. The smallest absolute Gasteiger partial charge is 0.161 e. The number of likely N-dealkylation sites (tertiary alicyclic amines) is 1. The molecule has 34 heavy (non-hydrogen) atoms. The first kappa shape index (κ1) is 23.0. The summed E-state index contributed by atoms with van der Waals surface area (Å²) < 4.78 is 1.98. The summed E-state index contributed by atoms with van der Waals surface area (Å²) in [5, 5.41) is 13.8. The quantitative estimate of drug-likeness (QED) is 0.304. The SMILES string of the molecule is CC(C)N1CCC(c2ccc(Nc3ccc(-c4cc(Cl)c(O)c(Cl)c4)n4ccnc34)cc2)CC1. The Morgan fingerprint density at radius 2 is 1.68 bits per heavy atom. The molecule has 1 fully saturated rings. The summed E-state index contributed by atoms with van der Waals surface area (Å²) in [5.41, 5.74) is 5.82. The molecule has 2 aromatic heterocycles. The van der Waals surface area contributed by atoms with E-state index in [1.54, 1.807) is 18.3 Å². The van der Waals surface area contributed by atoms with Crippen molar-refractivity contribution in [2.75, 3.05) is 18.4 Å². The third-order valence-electron chi connectivity index (χ3n) is 6.78. The second-order valence-corrected chi connectivity index (χ2v) is 10.0. The monoisotopic (exact) mass is 494 g/mol. The highest BCUT2D eigenvalue weighted by molar-refractivity contribution is 6.37. The number of aromatic hydroxyl groups is 1. The fourth-order valence-corrected chi connectivity index (χ4v) is 5.29. The predicted octanol–water partition coefficient (Wildman–Crippen LogP) is 7.35. The number of imidazole rings is 1. The van der Waals surface area contributed by atoms with Crippen LogP contribution < -0.4 is 5.32 Å². The highest BCUT2D eigenvalue weighted by atomic mass is 35.5. The first-order valence-electron chi connectivity index (χ1n) is 11.7. The Hall–Kier alpha value is -2.73. The summed E-state index contributed by atoms with van der Waals surface area (Å²) in [7, 11) is 0. The molecule has 4 aromatic rings. The summed E-state index contributed by atoms with van der Waals surface area (Å²) in [6, 6.07) is 16.8. The van der Waals surface area contributed by atoms with Crippen molar-refractivity contribution >= 4 is 40.2 Å². The number of aromatic nitrogens is 2. The number of hydrogen-bond donors (Lipinski definition) is 2. The number of nitrogens with zero attached hydrogens (tertiary/aromatic N) is 3. The number of nitrogens with one attached hydrogen (secondary N) is 1. The summed E-state index contributed by atoms with van der Waals surface area (Å²) >= 11 is 12.3. The van der Waals surface area contributed by atoms with Crippen molar-refractivity contribution in [3.8, 4) is 17.0 Å². The lowest BCUT2D eigenvalue weighted by molar-refractivity contribution is 0.172. The van der Waals surface area contributed by atoms with Crippen molar-refractivity contribution in [1.82, 2.24) is 14.3 Å². The van der Waals surface area contributed by atoms with E-state index in [4.69, 9.17) is 23.2 Å². The molecule has 0 aliphatic carbocycles. The van der Waals surface area contributed by atoms with Gasteiger partial charge in [0.05, 0.1) is 21.4 Å². The van der Waals surface area contributed by atoms with Crippen LogP contribution in [0.15, 0.2) is 60.9 Å². The number of phenols is 1. The van der Waals surface area contributed by atoms with Gasteiger partial charge in [0.25, 0.3) is 0 Å². The molecule has 5 rings (SSSR count). The molecule has 7 heteroatoms. The molecular weight excluding hydrogens is 467 g/mol. The third-order valence-corrected chi connectivity index (χ3v) is 7.36. The van der Waals surface area contributed by atoms with Crippen LogP contribution in [0.5, 0.6) is 5.75 Å². The topological polar surface area (TPSA) is 52.8 Å². The van der Waals surface area contributed by atoms with Crippen molar-refractivity contribution in [2.24, 2.45) is 0 Å². The molecular formula is C27H28Cl2N4O. The van der Waals surface area contributed by atoms with E-state index < -0.39 is 0 Å². The van der Waals surface area contributed by atoms with E-state index in [1.807, 2.05) is 22.7 Å². The van der Waals surface area contributed by atoms with Gasteiger partial charge in [0.2, 0.25) is 0 Å². The standard InChI is InChI=1S/C27H28Cl2N4O/c1-17(2)32-12-9-19(10-13-32)18-3-5-21(6-4-18)31-24-7-8-25(33-14-11-30-27(24)33)20-15-22(28)26(34)23(29)16-20/h3-8,11,14-17,19,31,34H,9-10,12-13H2,1-2H3. The maximum absolute atomic E-state index is 9.90. The maximum Gasteiger partial charge on any atom is 0.161 e. The van der Waals surface area contributed by atoms with Gasteiger partial charge >= 0.3 is 0 Å². The van der Waals surface area contributed by atoms with Crippen molar-refractivity contribution in [3.05, 3.63) is 76.5 Å². The number of fused-ring (bicyclic) bond motifs is 1. The molecule has 2 N–H and O–H groups in total. The van der Waals surface area contributed by atoms with Crippen molar-refractivity contribution in [1.29, 1.82) is 0 Å². The van der Waals surface area contributed by atoms with E-state index in [-0.39, 0.29) is 15.8 Å². The van der Waals surface area contributed by atoms with Crippen molar-refractivity contribution in [3.63, 3.8) is 0 Å². The van der Waals surface area contributed by atoms with Crippen LogP contribution in [-0.2, 0) is 0 Å². The molecule has 176 valence electrons. The normalized spacial score (nSPS) is 15.3. The van der Waals surface area contributed by atoms with Crippen LogP contribution in [0, 0.1) is 0 Å². The van der Waals surface area contributed by atoms with Gasteiger partial charge < -0.3 is 15.3 Å². The van der Waals surface area contributed by atoms with E-state index in [0.29, 0.717) is 12.0 Å². The van der Waals surface area contributed by atoms with E-state index >= 15 is 0 Å². The molecule has 0 saturated carbocycles. The van der Waals surface area contributed by atoms with Gasteiger partial charge in [-0.1, -0.05) is 35.3 Å². The lowest BCUT2D eigenvalue weighted by Gasteiger charge is -2.34. The Morgan fingerprint density at radius 1 is 1.00 bits per heavy atom. The molecule has 0 bridgehead atoms. The van der Waals surface area contributed by atoms with Gasteiger partial charge in [-0.25, -0.2) is 4.98 Å². The molecule has 5 nitrogen and oxygen atoms in total. The lowest BCUT2D eigenvalue weighted by Crippen LogP contribution is -2.37. The van der Waals surface area contributed by atoms with Crippen LogP contribution in [0.1, 0.15) is 38.2 Å². The molecule has 1 aliphatic heterocycles. The Balaban J connectivity index is 1.36.